The number of esters is 1. The highest BCUT2D eigenvalue weighted by Gasteiger charge is 2.44. The van der Waals surface area contributed by atoms with E-state index in [4.69, 9.17) is 4.74 Å². The van der Waals surface area contributed by atoms with E-state index in [1.54, 1.807) is 0 Å². The number of carbonyl (C=O) groups is 1. The molecule has 0 aromatic carbocycles. The summed E-state index contributed by atoms with van der Waals surface area (Å²) in [5.41, 5.74) is 0.747. The Morgan fingerprint density at radius 2 is 1.50 bits per heavy atom. The first-order chi connectivity index (χ1) is 12.3. The van der Waals surface area contributed by atoms with Crippen LogP contribution in [0.1, 0.15) is 90.9 Å². The molecule has 26 heavy (non-hydrogen) atoms. The zero-order chi connectivity index (χ0) is 19.0. The van der Waals surface area contributed by atoms with Crippen molar-refractivity contribution in [2.75, 3.05) is 0 Å². The first kappa shape index (κ1) is 21.7. The van der Waals surface area contributed by atoms with Crippen molar-refractivity contribution in [1.29, 1.82) is 0 Å². The van der Waals surface area contributed by atoms with Gasteiger partial charge in [-0.15, -0.1) is 0 Å². The van der Waals surface area contributed by atoms with Crippen molar-refractivity contribution < 1.29 is 9.53 Å². The second-order valence-electron chi connectivity index (χ2n) is 9.87. The summed E-state index contributed by atoms with van der Waals surface area (Å²) in [5.74, 6) is 0.403. The Morgan fingerprint density at radius 3 is 2.08 bits per heavy atom. The normalized spacial score (nSPS) is 24.9. The van der Waals surface area contributed by atoms with Crippen molar-refractivity contribution in [3.05, 3.63) is 11.6 Å². The van der Waals surface area contributed by atoms with E-state index in [0.29, 0.717) is 5.92 Å². The molecule has 0 aromatic heterocycles. The molecule has 0 saturated carbocycles. The topological polar surface area (TPSA) is 26.3 Å². The fourth-order valence-corrected chi connectivity index (χ4v) is 6.93. The van der Waals surface area contributed by atoms with Crippen molar-refractivity contribution in [3.8, 4) is 0 Å². The Labute approximate surface area is 163 Å². The molecular weight excluding hydrogens is 336 g/mol. The monoisotopic (exact) mass is 378 g/mol. The number of hydrogen-bond donors (Lipinski definition) is 0. The third-order valence-corrected chi connectivity index (χ3v) is 10.1. The first-order valence-corrected chi connectivity index (χ1v) is 14.7. The molecule has 0 aromatic rings. The van der Waals surface area contributed by atoms with Crippen molar-refractivity contribution in [2.24, 2.45) is 5.92 Å². The molecule has 0 atom stereocenters. The Balaban J connectivity index is 2.03. The van der Waals surface area contributed by atoms with Gasteiger partial charge in [-0.25, -0.2) is 4.79 Å². The molecule has 2 aliphatic rings. The van der Waals surface area contributed by atoms with E-state index in [0.717, 1.165) is 37.7 Å². The lowest BCUT2D eigenvalue weighted by atomic mass is 9.84. The summed E-state index contributed by atoms with van der Waals surface area (Å²) in [6, 6.07) is 2.58. The van der Waals surface area contributed by atoms with Gasteiger partial charge >= 0.3 is 5.97 Å². The summed E-state index contributed by atoms with van der Waals surface area (Å²) >= 11 is 0. The van der Waals surface area contributed by atoms with Crippen molar-refractivity contribution in [1.82, 2.24) is 0 Å². The summed E-state index contributed by atoms with van der Waals surface area (Å²) in [6.07, 6.45) is 16.6. The largest absolute Gasteiger partial charge is 0.455 e. The highest BCUT2D eigenvalue weighted by molar-refractivity contribution is 6.77. The molecular formula is C23H42O2Si. The van der Waals surface area contributed by atoms with Crippen LogP contribution in [0.25, 0.3) is 0 Å². The summed E-state index contributed by atoms with van der Waals surface area (Å²) in [7, 11) is -1.06. The average molecular weight is 379 g/mol. The Kier molecular flexibility index (Phi) is 8.44. The van der Waals surface area contributed by atoms with Gasteiger partial charge in [0.25, 0.3) is 0 Å². The third-order valence-electron chi connectivity index (χ3n) is 6.85. The Hall–Kier alpha value is -0.573. The van der Waals surface area contributed by atoms with E-state index < -0.39 is 8.07 Å². The molecule has 0 spiro atoms. The lowest BCUT2D eigenvalue weighted by Crippen LogP contribution is -2.48. The second-order valence-corrected chi connectivity index (χ2v) is 15.2. The van der Waals surface area contributed by atoms with Gasteiger partial charge in [-0.05, 0) is 44.4 Å². The highest BCUT2D eigenvalue weighted by Crippen LogP contribution is 2.42. The molecule has 1 saturated heterocycles. The molecule has 0 bridgehead atoms. The number of carbonyl (C=O) groups excluding carboxylic acids is 1. The van der Waals surface area contributed by atoms with Crippen LogP contribution in [0, 0.1) is 5.92 Å². The Bertz CT molecular complexity index is 469. The number of ether oxygens (including phenoxy) is 1. The van der Waals surface area contributed by atoms with Crippen LogP contribution < -0.4 is 0 Å². The predicted octanol–water partition coefficient (Wildman–Crippen LogP) is 7.27. The zero-order valence-corrected chi connectivity index (χ0v) is 18.9. The summed E-state index contributed by atoms with van der Waals surface area (Å²) < 4.78 is 6.31. The number of allylic oxidation sites excluding steroid dienone is 1. The molecule has 3 heteroatoms. The van der Waals surface area contributed by atoms with Gasteiger partial charge in [0.05, 0.1) is 0 Å². The smallest absolute Gasteiger partial charge is 0.334 e. The maximum Gasteiger partial charge on any atom is 0.334 e. The lowest BCUT2D eigenvalue weighted by molar-refractivity contribution is -0.162. The Morgan fingerprint density at radius 1 is 0.962 bits per heavy atom. The molecule has 1 aliphatic carbocycles. The summed E-state index contributed by atoms with van der Waals surface area (Å²) in [6.45, 7) is 9.44. The molecule has 1 heterocycles. The maximum absolute atomic E-state index is 13.1. The minimum Gasteiger partial charge on any atom is -0.455 e. The van der Waals surface area contributed by atoms with E-state index in [1.807, 2.05) is 0 Å². The number of hydrogen-bond acceptors (Lipinski definition) is 2. The fourth-order valence-electron chi connectivity index (χ4n) is 4.48. The molecule has 0 radical (unpaired) electrons. The lowest BCUT2D eigenvalue weighted by Gasteiger charge is -2.45. The third kappa shape index (κ3) is 6.55. The average Bonchev–Trinajstić information content (AvgIpc) is 2.57. The van der Waals surface area contributed by atoms with Crippen molar-refractivity contribution >= 4 is 14.0 Å². The van der Waals surface area contributed by atoms with Crippen LogP contribution >= 0.6 is 0 Å². The first-order valence-electron chi connectivity index (χ1n) is 11.3. The summed E-state index contributed by atoms with van der Waals surface area (Å²) in [5, 5.41) is 0. The zero-order valence-electron chi connectivity index (χ0n) is 17.9. The van der Waals surface area contributed by atoms with Gasteiger partial charge in [0.15, 0.2) is 0 Å². The SMILES string of the molecule is CC(C)C1(OC(=O)C2=CCCCCCCCCCC2)CC[Si](C)(C)CC1. The van der Waals surface area contributed by atoms with Crippen LogP contribution in [0.3, 0.4) is 0 Å². The van der Waals surface area contributed by atoms with Crippen LogP contribution in [0.2, 0.25) is 25.2 Å². The molecule has 1 aliphatic heterocycles. The van der Waals surface area contributed by atoms with E-state index in [1.165, 1.54) is 57.0 Å². The van der Waals surface area contributed by atoms with E-state index in [9.17, 15) is 4.79 Å². The van der Waals surface area contributed by atoms with Crippen LogP contribution in [-0.2, 0) is 9.53 Å². The minimum absolute atomic E-state index is 0.00266. The van der Waals surface area contributed by atoms with Crippen LogP contribution in [0.4, 0.5) is 0 Å². The minimum atomic E-state index is -1.06. The van der Waals surface area contributed by atoms with E-state index in [2.05, 4.69) is 33.0 Å². The van der Waals surface area contributed by atoms with Gasteiger partial charge in [-0.3, -0.25) is 0 Å². The molecule has 2 nitrogen and oxygen atoms in total. The molecule has 2 rings (SSSR count). The van der Waals surface area contributed by atoms with Gasteiger partial charge in [-0.2, -0.15) is 0 Å². The summed E-state index contributed by atoms with van der Waals surface area (Å²) in [4.78, 5) is 13.1. The van der Waals surface area contributed by atoms with Gasteiger partial charge in [0.1, 0.15) is 5.60 Å². The number of rotatable bonds is 3. The molecule has 150 valence electrons. The standard InChI is InChI=1S/C23H42O2Si/c1-20(2)23(16-18-26(3,4)19-17-23)25-22(24)21-14-12-10-8-6-5-7-9-11-13-15-21/h14,20H,5-13,15-19H2,1-4H3. The predicted molar refractivity (Wildman–Crippen MR) is 114 cm³/mol. The van der Waals surface area contributed by atoms with Crippen LogP contribution in [0.5, 0.6) is 0 Å². The quantitative estimate of drug-likeness (QED) is 0.381. The molecule has 0 unspecified atom stereocenters. The van der Waals surface area contributed by atoms with Gasteiger partial charge in [-0.1, -0.05) is 83.6 Å². The second kappa shape index (κ2) is 10.1. The van der Waals surface area contributed by atoms with Gasteiger partial charge in [0.2, 0.25) is 0 Å². The van der Waals surface area contributed by atoms with Crippen LogP contribution in [0.15, 0.2) is 11.6 Å². The maximum atomic E-state index is 13.1. The molecule has 0 amide bonds. The fraction of sp³-hybridized carbons (Fsp3) is 0.870. The van der Waals surface area contributed by atoms with Crippen molar-refractivity contribution in [3.63, 3.8) is 0 Å². The van der Waals surface area contributed by atoms with Crippen LogP contribution in [-0.4, -0.2) is 19.6 Å². The molecule has 0 N–H and O–H groups in total. The van der Waals surface area contributed by atoms with E-state index >= 15 is 0 Å². The highest BCUT2D eigenvalue weighted by atomic mass is 28.3. The van der Waals surface area contributed by atoms with E-state index in [-0.39, 0.29) is 11.6 Å². The van der Waals surface area contributed by atoms with Gasteiger partial charge < -0.3 is 4.74 Å². The van der Waals surface area contributed by atoms with Gasteiger partial charge in [0, 0.05) is 13.6 Å². The van der Waals surface area contributed by atoms with Crippen molar-refractivity contribution in [2.45, 2.75) is 122 Å². The molecule has 1 fully saturated rings.